The Labute approximate surface area is 120 Å². The monoisotopic (exact) mass is 313 g/mol. The molecule has 1 aliphatic heterocycles. The zero-order chi connectivity index (χ0) is 15.6. The zero-order valence-corrected chi connectivity index (χ0v) is 11.7. The number of nitriles is 1. The molecule has 9 heteroatoms. The van der Waals surface area contributed by atoms with E-state index in [9.17, 15) is 22.9 Å². The molecule has 0 N–H and O–H groups in total. The maximum atomic E-state index is 13.6. The number of nitro benzene ring substituents is 1. The minimum absolute atomic E-state index is 0.0915. The van der Waals surface area contributed by atoms with Crippen LogP contribution in [0.2, 0.25) is 0 Å². The minimum Gasteiger partial charge on any atom is -0.258 e. The molecule has 1 aromatic carbocycles. The molecule has 21 heavy (non-hydrogen) atoms. The molecule has 1 atom stereocenters. The molecular formula is C12H12FN3O4S. The molecule has 0 saturated carbocycles. The molecule has 1 heterocycles. The van der Waals surface area contributed by atoms with Gasteiger partial charge >= 0.3 is 5.69 Å². The lowest BCUT2D eigenvalue weighted by molar-refractivity contribution is -0.390. The van der Waals surface area contributed by atoms with Crippen molar-refractivity contribution in [2.75, 3.05) is 6.54 Å². The van der Waals surface area contributed by atoms with Gasteiger partial charge in [-0.05, 0) is 31.4 Å². The summed E-state index contributed by atoms with van der Waals surface area (Å²) in [6.07, 6.45) is 1.62. The molecule has 112 valence electrons. The van der Waals surface area contributed by atoms with E-state index in [1.165, 1.54) is 0 Å². The lowest BCUT2D eigenvalue weighted by Crippen LogP contribution is -2.43. The maximum Gasteiger partial charge on any atom is 0.324 e. The molecule has 1 unspecified atom stereocenters. The Morgan fingerprint density at radius 2 is 2.14 bits per heavy atom. The summed E-state index contributed by atoms with van der Waals surface area (Å²) in [7, 11) is -4.29. The van der Waals surface area contributed by atoms with E-state index in [0.717, 1.165) is 22.5 Å². The first kappa shape index (κ1) is 15.3. The highest BCUT2D eigenvalue weighted by Crippen LogP contribution is 2.32. The van der Waals surface area contributed by atoms with Crippen LogP contribution < -0.4 is 0 Å². The van der Waals surface area contributed by atoms with Gasteiger partial charge in [0.05, 0.1) is 11.0 Å². The Bertz CT molecular complexity index is 714. The average molecular weight is 313 g/mol. The molecule has 0 aliphatic carbocycles. The van der Waals surface area contributed by atoms with E-state index >= 15 is 0 Å². The van der Waals surface area contributed by atoms with Crippen LogP contribution in [0.3, 0.4) is 0 Å². The number of rotatable bonds is 3. The molecular weight excluding hydrogens is 301 g/mol. The highest BCUT2D eigenvalue weighted by Gasteiger charge is 2.38. The molecule has 1 aliphatic rings. The van der Waals surface area contributed by atoms with Crippen molar-refractivity contribution < 1.29 is 17.7 Å². The minimum atomic E-state index is -4.29. The Balaban J connectivity index is 2.57. The average Bonchev–Trinajstić information content (AvgIpc) is 2.46. The van der Waals surface area contributed by atoms with E-state index in [2.05, 4.69) is 0 Å². The fourth-order valence-corrected chi connectivity index (χ4v) is 4.11. The maximum absolute atomic E-state index is 13.6. The van der Waals surface area contributed by atoms with Gasteiger partial charge in [0, 0.05) is 6.54 Å². The van der Waals surface area contributed by atoms with Crippen LogP contribution in [0, 0.1) is 27.3 Å². The number of nitro groups is 1. The number of sulfonamides is 1. The van der Waals surface area contributed by atoms with E-state index in [1.54, 1.807) is 0 Å². The van der Waals surface area contributed by atoms with Gasteiger partial charge in [-0.1, -0.05) is 6.07 Å². The SMILES string of the molecule is N#CC1CCCCN1S(=O)(=O)c1cccc(F)c1[N+](=O)[O-]. The van der Waals surface area contributed by atoms with Crippen molar-refractivity contribution in [3.05, 3.63) is 34.1 Å². The second kappa shape index (κ2) is 5.75. The van der Waals surface area contributed by atoms with Gasteiger partial charge in [0.2, 0.25) is 5.82 Å². The molecule has 1 fully saturated rings. The van der Waals surface area contributed by atoms with Crippen molar-refractivity contribution in [3.63, 3.8) is 0 Å². The fraction of sp³-hybridized carbons (Fsp3) is 0.417. The van der Waals surface area contributed by atoms with Crippen molar-refractivity contribution in [1.82, 2.24) is 4.31 Å². The van der Waals surface area contributed by atoms with Crippen LogP contribution in [0.1, 0.15) is 19.3 Å². The first-order valence-electron chi connectivity index (χ1n) is 6.24. The summed E-state index contributed by atoms with van der Waals surface area (Å²) < 4.78 is 39.6. The van der Waals surface area contributed by atoms with Gasteiger partial charge in [-0.25, -0.2) is 8.42 Å². The molecule has 1 aromatic rings. The number of hydrogen-bond acceptors (Lipinski definition) is 5. The number of para-hydroxylation sites is 1. The van der Waals surface area contributed by atoms with E-state index in [1.807, 2.05) is 6.07 Å². The highest BCUT2D eigenvalue weighted by atomic mass is 32.2. The Hall–Kier alpha value is -2.05. The van der Waals surface area contributed by atoms with E-state index in [0.29, 0.717) is 19.3 Å². The van der Waals surface area contributed by atoms with Crippen molar-refractivity contribution in [1.29, 1.82) is 5.26 Å². The van der Waals surface area contributed by atoms with Gasteiger partial charge in [-0.3, -0.25) is 10.1 Å². The van der Waals surface area contributed by atoms with Gasteiger partial charge in [0.25, 0.3) is 10.0 Å². The second-order valence-corrected chi connectivity index (χ2v) is 6.46. The molecule has 0 spiro atoms. The van der Waals surface area contributed by atoms with Crippen molar-refractivity contribution >= 4 is 15.7 Å². The van der Waals surface area contributed by atoms with Crippen LogP contribution in [0.5, 0.6) is 0 Å². The number of halogens is 1. The number of hydrogen-bond donors (Lipinski definition) is 0. The summed E-state index contributed by atoms with van der Waals surface area (Å²) in [6.45, 7) is 0.0915. The zero-order valence-electron chi connectivity index (χ0n) is 10.9. The van der Waals surface area contributed by atoms with Crippen LogP contribution in [0.25, 0.3) is 0 Å². The van der Waals surface area contributed by atoms with Crippen LogP contribution >= 0.6 is 0 Å². The van der Waals surface area contributed by atoms with Crippen LogP contribution in [-0.4, -0.2) is 30.2 Å². The van der Waals surface area contributed by atoms with Gasteiger partial charge in [0.15, 0.2) is 4.90 Å². The standard InChI is InChI=1S/C12H12FN3O4S/c13-10-5-3-6-11(12(10)16(17)18)21(19,20)15-7-2-1-4-9(15)8-14/h3,5-6,9H,1-2,4,7H2. The van der Waals surface area contributed by atoms with Crippen molar-refractivity contribution in [3.8, 4) is 6.07 Å². The van der Waals surface area contributed by atoms with E-state index in [-0.39, 0.29) is 6.54 Å². The van der Waals surface area contributed by atoms with Crippen LogP contribution in [-0.2, 0) is 10.0 Å². The van der Waals surface area contributed by atoms with Gasteiger partial charge in [0.1, 0.15) is 6.04 Å². The third-order valence-electron chi connectivity index (χ3n) is 3.32. The predicted octanol–water partition coefficient (Wildman–Crippen LogP) is 1.80. The molecule has 0 bridgehead atoms. The summed E-state index contributed by atoms with van der Waals surface area (Å²) in [4.78, 5) is 9.17. The van der Waals surface area contributed by atoms with Crippen LogP contribution in [0.4, 0.5) is 10.1 Å². The summed E-state index contributed by atoms with van der Waals surface area (Å²) in [5, 5.41) is 20.0. The lowest BCUT2D eigenvalue weighted by Gasteiger charge is -2.30. The molecule has 0 aromatic heterocycles. The lowest BCUT2D eigenvalue weighted by atomic mass is 10.1. The third kappa shape index (κ3) is 2.72. The predicted molar refractivity (Wildman–Crippen MR) is 70.2 cm³/mol. The summed E-state index contributed by atoms with van der Waals surface area (Å²) >= 11 is 0. The summed E-state index contributed by atoms with van der Waals surface area (Å²) in [5.74, 6) is -1.22. The number of piperidine rings is 1. The van der Waals surface area contributed by atoms with E-state index in [4.69, 9.17) is 5.26 Å². The largest absolute Gasteiger partial charge is 0.324 e. The highest BCUT2D eigenvalue weighted by molar-refractivity contribution is 7.89. The van der Waals surface area contributed by atoms with E-state index < -0.39 is 37.4 Å². The molecule has 7 nitrogen and oxygen atoms in total. The molecule has 2 rings (SSSR count). The van der Waals surface area contributed by atoms with Gasteiger partial charge in [-0.2, -0.15) is 14.0 Å². The molecule has 1 saturated heterocycles. The topological polar surface area (TPSA) is 104 Å². The summed E-state index contributed by atoms with van der Waals surface area (Å²) in [5.41, 5.74) is -1.08. The molecule has 0 amide bonds. The number of nitrogens with zero attached hydrogens (tertiary/aromatic N) is 3. The third-order valence-corrected chi connectivity index (χ3v) is 5.26. The normalized spacial score (nSPS) is 19.9. The van der Waals surface area contributed by atoms with Crippen molar-refractivity contribution in [2.45, 2.75) is 30.2 Å². The smallest absolute Gasteiger partial charge is 0.258 e. The Morgan fingerprint density at radius 1 is 1.43 bits per heavy atom. The van der Waals surface area contributed by atoms with Gasteiger partial charge in [-0.15, -0.1) is 0 Å². The van der Waals surface area contributed by atoms with Crippen LogP contribution in [0.15, 0.2) is 23.1 Å². The first-order valence-corrected chi connectivity index (χ1v) is 7.68. The first-order chi connectivity index (χ1) is 9.89. The van der Waals surface area contributed by atoms with Gasteiger partial charge < -0.3 is 0 Å². The number of benzene rings is 1. The Morgan fingerprint density at radius 3 is 2.76 bits per heavy atom. The quantitative estimate of drug-likeness (QED) is 0.625. The summed E-state index contributed by atoms with van der Waals surface area (Å²) in [6, 6.07) is 3.91. The van der Waals surface area contributed by atoms with Crippen molar-refractivity contribution in [2.24, 2.45) is 0 Å². The second-order valence-electron chi connectivity index (χ2n) is 4.60. The Kier molecular flexibility index (Phi) is 4.20. The molecule has 0 radical (unpaired) electrons. The fourth-order valence-electron chi connectivity index (χ4n) is 2.33.